The van der Waals surface area contributed by atoms with Gasteiger partial charge in [0.15, 0.2) is 5.82 Å². The van der Waals surface area contributed by atoms with Gasteiger partial charge in [0.05, 0.1) is 22.8 Å². The Hall–Kier alpha value is -2.55. The fourth-order valence-corrected chi connectivity index (χ4v) is 4.67. The number of halogens is 2. The first-order chi connectivity index (χ1) is 15.0. The van der Waals surface area contributed by atoms with Crippen molar-refractivity contribution in [3.05, 3.63) is 58.8 Å². The standard InChI is InChI=1S/C22H24ClFN6O/c1-14-8-28(9-15(2)31-14)10-17-5-18-21(25-7-17)29(13-30-22(18)26-12-27-30)11-16-3-4-20(24)19(23)6-16/h3-7,12,14-15H,8-11,13H2,1-2H3/t14-,15+. The normalized spacial score (nSPS) is 21.1. The molecule has 1 saturated heterocycles. The van der Waals surface area contributed by atoms with Crippen LogP contribution < -0.4 is 4.90 Å². The van der Waals surface area contributed by atoms with Gasteiger partial charge >= 0.3 is 0 Å². The van der Waals surface area contributed by atoms with Gasteiger partial charge in [0.25, 0.3) is 0 Å². The SMILES string of the molecule is C[C@@H]1CN(Cc2cnc3c(c2)-c2ncnn2CN3Cc2ccc(F)c(Cl)c2)C[C@H](C)O1. The maximum atomic E-state index is 13.6. The van der Waals surface area contributed by atoms with Crippen molar-refractivity contribution in [2.75, 3.05) is 18.0 Å². The molecule has 162 valence electrons. The van der Waals surface area contributed by atoms with Crippen molar-refractivity contribution < 1.29 is 9.13 Å². The van der Waals surface area contributed by atoms with Gasteiger partial charge in [-0.3, -0.25) is 4.90 Å². The van der Waals surface area contributed by atoms with E-state index in [2.05, 4.69) is 39.8 Å². The lowest BCUT2D eigenvalue weighted by Gasteiger charge is -2.35. The van der Waals surface area contributed by atoms with Gasteiger partial charge in [-0.1, -0.05) is 17.7 Å². The van der Waals surface area contributed by atoms with Crippen molar-refractivity contribution in [2.24, 2.45) is 0 Å². The Balaban J connectivity index is 1.43. The molecule has 0 N–H and O–H groups in total. The number of pyridine rings is 1. The predicted octanol–water partition coefficient (Wildman–Crippen LogP) is 3.72. The largest absolute Gasteiger partial charge is 0.373 e. The topological polar surface area (TPSA) is 59.3 Å². The molecule has 31 heavy (non-hydrogen) atoms. The minimum atomic E-state index is -0.419. The molecule has 0 aliphatic carbocycles. The summed E-state index contributed by atoms with van der Waals surface area (Å²) < 4.78 is 21.3. The Morgan fingerprint density at radius 1 is 1.10 bits per heavy atom. The minimum Gasteiger partial charge on any atom is -0.373 e. The minimum absolute atomic E-state index is 0.119. The van der Waals surface area contributed by atoms with E-state index in [1.807, 2.05) is 10.9 Å². The lowest BCUT2D eigenvalue weighted by atomic mass is 10.1. The lowest BCUT2D eigenvalue weighted by molar-refractivity contribution is -0.0705. The summed E-state index contributed by atoms with van der Waals surface area (Å²) >= 11 is 5.98. The number of rotatable bonds is 4. The molecule has 2 aromatic heterocycles. The van der Waals surface area contributed by atoms with Crippen LogP contribution in [0.3, 0.4) is 0 Å². The van der Waals surface area contributed by atoms with Gasteiger partial charge < -0.3 is 9.64 Å². The van der Waals surface area contributed by atoms with Crippen LogP contribution in [0.1, 0.15) is 25.0 Å². The van der Waals surface area contributed by atoms with Crippen LogP contribution in [0.5, 0.6) is 0 Å². The maximum Gasteiger partial charge on any atom is 0.163 e. The zero-order valence-electron chi connectivity index (χ0n) is 17.5. The molecule has 0 amide bonds. The summed E-state index contributed by atoms with van der Waals surface area (Å²) in [5.74, 6) is 1.23. The molecule has 2 atom stereocenters. The van der Waals surface area contributed by atoms with E-state index in [1.165, 1.54) is 6.07 Å². The highest BCUT2D eigenvalue weighted by molar-refractivity contribution is 6.30. The van der Waals surface area contributed by atoms with Gasteiger partial charge in [-0.25, -0.2) is 19.0 Å². The first-order valence-electron chi connectivity index (χ1n) is 10.4. The molecule has 0 saturated carbocycles. The fourth-order valence-electron chi connectivity index (χ4n) is 4.46. The van der Waals surface area contributed by atoms with Gasteiger partial charge in [0.1, 0.15) is 24.6 Å². The van der Waals surface area contributed by atoms with E-state index in [0.717, 1.165) is 48.0 Å². The van der Waals surface area contributed by atoms with Crippen LogP contribution in [0.15, 0.2) is 36.8 Å². The quantitative estimate of drug-likeness (QED) is 0.613. The second-order valence-electron chi connectivity index (χ2n) is 8.34. The Kier molecular flexibility index (Phi) is 5.37. The van der Waals surface area contributed by atoms with Crippen LogP contribution in [0.4, 0.5) is 10.2 Å². The summed E-state index contributed by atoms with van der Waals surface area (Å²) in [6.07, 6.45) is 3.93. The number of morpholine rings is 1. The van der Waals surface area contributed by atoms with Crippen molar-refractivity contribution in [3.8, 4) is 11.4 Å². The van der Waals surface area contributed by atoms with Gasteiger partial charge in [-0.15, -0.1) is 0 Å². The summed E-state index contributed by atoms with van der Waals surface area (Å²) in [6, 6.07) is 6.94. The van der Waals surface area contributed by atoms with E-state index < -0.39 is 5.82 Å². The molecule has 9 heteroatoms. The number of fused-ring (bicyclic) bond motifs is 3. The van der Waals surface area contributed by atoms with E-state index in [1.54, 1.807) is 18.5 Å². The van der Waals surface area contributed by atoms with Crippen molar-refractivity contribution in [1.29, 1.82) is 0 Å². The van der Waals surface area contributed by atoms with Gasteiger partial charge in [0, 0.05) is 32.4 Å². The van der Waals surface area contributed by atoms with Gasteiger partial charge in [-0.2, -0.15) is 5.10 Å². The Labute approximate surface area is 185 Å². The molecule has 3 aromatic rings. The first kappa shape index (κ1) is 20.4. The maximum absolute atomic E-state index is 13.6. The molecule has 2 aliphatic rings. The predicted molar refractivity (Wildman–Crippen MR) is 116 cm³/mol. The van der Waals surface area contributed by atoms with Crippen LogP contribution in [0.2, 0.25) is 5.02 Å². The molecule has 4 heterocycles. The summed E-state index contributed by atoms with van der Waals surface area (Å²) in [5, 5.41) is 4.49. The fraction of sp³-hybridized carbons (Fsp3) is 0.409. The Morgan fingerprint density at radius 2 is 1.90 bits per heavy atom. The third kappa shape index (κ3) is 4.15. The van der Waals surface area contributed by atoms with Crippen LogP contribution in [0.25, 0.3) is 11.4 Å². The third-order valence-electron chi connectivity index (χ3n) is 5.64. The second kappa shape index (κ2) is 8.18. The molecular formula is C22H24ClFN6O. The smallest absolute Gasteiger partial charge is 0.163 e. The van der Waals surface area contributed by atoms with E-state index in [0.29, 0.717) is 13.2 Å². The van der Waals surface area contributed by atoms with Crippen LogP contribution in [-0.2, 0) is 24.5 Å². The zero-order valence-corrected chi connectivity index (χ0v) is 18.3. The van der Waals surface area contributed by atoms with E-state index in [4.69, 9.17) is 21.3 Å². The summed E-state index contributed by atoms with van der Waals surface area (Å²) in [4.78, 5) is 13.8. The van der Waals surface area contributed by atoms with E-state index in [-0.39, 0.29) is 17.2 Å². The molecule has 0 spiro atoms. The molecule has 7 nitrogen and oxygen atoms in total. The first-order valence-corrected chi connectivity index (χ1v) is 10.8. The molecule has 0 unspecified atom stereocenters. The average molecular weight is 443 g/mol. The molecule has 2 aliphatic heterocycles. The second-order valence-corrected chi connectivity index (χ2v) is 8.74. The highest BCUT2D eigenvalue weighted by Crippen LogP contribution is 2.34. The van der Waals surface area contributed by atoms with E-state index >= 15 is 0 Å². The highest BCUT2D eigenvalue weighted by atomic mass is 35.5. The van der Waals surface area contributed by atoms with Gasteiger partial charge in [0.2, 0.25) is 0 Å². The highest BCUT2D eigenvalue weighted by Gasteiger charge is 2.27. The number of anilines is 1. The lowest BCUT2D eigenvalue weighted by Crippen LogP contribution is -2.44. The van der Waals surface area contributed by atoms with Crippen LogP contribution in [-0.4, -0.2) is 49.9 Å². The number of aromatic nitrogens is 4. The van der Waals surface area contributed by atoms with Crippen molar-refractivity contribution in [3.63, 3.8) is 0 Å². The summed E-state index contributed by atoms with van der Waals surface area (Å²) in [5.41, 5.74) is 2.98. The summed E-state index contributed by atoms with van der Waals surface area (Å²) in [6.45, 7) is 7.87. The molecule has 0 bridgehead atoms. The number of nitrogens with zero attached hydrogens (tertiary/aromatic N) is 6. The molecular weight excluding hydrogens is 419 g/mol. The zero-order chi connectivity index (χ0) is 21.5. The van der Waals surface area contributed by atoms with E-state index in [9.17, 15) is 4.39 Å². The van der Waals surface area contributed by atoms with Crippen molar-refractivity contribution in [2.45, 2.75) is 45.8 Å². The van der Waals surface area contributed by atoms with Crippen LogP contribution >= 0.6 is 11.6 Å². The van der Waals surface area contributed by atoms with Crippen LogP contribution in [0, 0.1) is 5.82 Å². The van der Waals surface area contributed by atoms with Crippen molar-refractivity contribution in [1.82, 2.24) is 24.6 Å². The number of hydrogen-bond acceptors (Lipinski definition) is 6. The molecule has 5 rings (SSSR count). The number of ether oxygens (including phenoxy) is 1. The molecule has 0 radical (unpaired) electrons. The Morgan fingerprint density at radius 3 is 2.68 bits per heavy atom. The summed E-state index contributed by atoms with van der Waals surface area (Å²) in [7, 11) is 0. The number of benzene rings is 1. The van der Waals surface area contributed by atoms with Crippen molar-refractivity contribution >= 4 is 17.4 Å². The Bertz CT molecular complexity index is 1100. The molecule has 1 fully saturated rings. The number of hydrogen-bond donors (Lipinski definition) is 0. The third-order valence-corrected chi connectivity index (χ3v) is 5.93. The van der Waals surface area contributed by atoms with Gasteiger partial charge in [-0.05, 0) is 43.2 Å². The monoisotopic (exact) mass is 442 g/mol. The molecule has 1 aromatic carbocycles. The average Bonchev–Trinajstić information content (AvgIpc) is 3.19.